The number of nitrogens with zero attached hydrogens (tertiary/aromatic N) is 1. The van der Waals surface area contributed by atoms with E-state index in [0.717, 1.165) is 11.3 Å². The zero-order valence-corrected chi connectivity index (χ0v) is 22.9. The molecule has 0 fully saturated rings. The first-order valence-electron chi connectivity index (χ1n) is 12.5. The van der Waals surface area contributed by atoms with Crippen LogP contribution in [0.3, 0.4) is 0 Å². The molecule has 0 amide bonds. The normalized spacial score (nSPS) is 19.3. The second-order valence-corrected chi connectivity index (χ2v) is 10.2. The lowest BCUT2D eigenvalue weighted by Gasteiger charge is -2.45. The van der Waals surface area contributed by atoms with Crippen molar-refractivity contribution in [2.24, 2.45) is 4.99 Å². The highest BCUT2D eigenvalue weighted by molar-refractivity contribution is 6.26. The van der Waals surface area contributed by atoms with Crippen molar-refractivity contribution in [1.29, 1.82) is 0 Å². The van der Waals surface area contributed by atoms with Gasteiger partial charge in [-0.05, 0) is 56.0 Å². The Labute approximate surface area is 231 Å². The number of hydrogen-bond donors (Lipinski definition) is 1. The van der Waals surface area contributed by atoms with Crippen molar-refractivity contribution in [3.8, 4) is 11.5 Å². The maximum atomic E-state index is 12.9. The van der Waals surface area contributed by atoms with Crippen LogP contribution in [-0.2, 0) is 19.7 Å². The number of fused-ring (bicyclic) bond motifs is 4. The monoisotopic (exact) mass is 548 g/mol. The Kier molecular flexibility index (Phi) is 6.86. The van der Waals surface area contributed by atoms with Gasteiger partial charge in [-0.15, -0.1) is 11.6 Å². The van der Waals surface area contributed by atoms with Crippen molar-refractivity contribution in [3.63, 3.8) is 0 Å². The summed E-state index contributed by atoms with van der Waals surface area (Å²) in [4.78, 5) is 30.1. The average Bonchev–Trinajstić information content (AvgIpc) is 3.16. The predicted molar refractivity (Wildman–Crippen MR) is 151 cm³/mol. The number of esters is 2. The van der Waals surface area contributed by atoms with E-state index in [9.17, 15) is 9.59 Å². The van der Waals surface area contributed by atoms with E-state index in [-0.39, 0.29) is 23.8 Å². The van der Waals surface area contributed by atoms with Gasteiger partial charge in [0.15, 0.2) is 0 Å². The van der Waals surface area contributed by atoms with Gasteiger partial charge in [-0.2, -0.15) is 0 Å². The Morgan fingerprint density at radius 2 is 1.97 bits per heavy atom. The van der Waals surface area contributed by atoms with Crippen LogP contribution in [0.25, 0.3) is 10.8 Å². The van der Waals surface area contributed by atoms with Crippen LogP contribution in [0.1, 0.15) is 36.7 Å². The van der Waals surface area contributed by atoms with Crippen LogP contribution in [0.4, 0.5) is 11.4 Å². The summed E-state index contributed by atoms with van der Waals surface area (Å²) in [7, 11) is 1.62. The fourth-order valence-electron chi connectivity index (χ4n) is 5.23. The summed E-state index contributed by atoms with van der Waals surface area (Å²) < 4.78 is 23.3. The van der Waals surface area contributed by atoms with Crippen LogP contribution in [0.15, 0.2) is 66.2 Å². The second-order valence-electron chi connectivity index (χ2n) is 9.93. The van der Waals surface area contributed by atoms with E-state index in [1.807, 2.05) is 37.3 Å². The molecule has 2 atom stereocenters. The van der Waals surface area contributed by atoms with E-state index in [2.05, 4.69) is 31.8 Å². The fourth-order valence-corrected chi connectivity index (χ4v) is 5.29. The molecule has 0 aliphatic carbocycles. The summed E-state index contributed by atoms with van der Waals surface area (Å²) >= 11 is 5.65. The van der Waals surface area contributed by atoms with E-state index in [0.29, 0.717) is 27.9 Å². The molecule has 2 aliphatic rings. The third-order valence-electron chi connectivity index (χ3n) is 7.33. The number of hydrogen-bond acceptors (Lipinski definition) is 8. The van der Waals surface area contributed by atoms with Gasteiger partial charge in [0, 0.05) is 18.2 Å². The first-order valence-corrected chi connectivity index (χ1v) is 13.0. The molecule has 0 aromatic heterocycles. The molecule has 2 aliphatic heterocycles. The van der Waals surface area contributed by atoms with E-state index in [1.54, 1.807) is 19.2 Å². The molecule has 8 nitrogen and oxygen atoms in total. The molecule has 0 bridgehead atoms. The van der Waals surface area contributed by atoms with Gasteiger partial charge >= 0.3 is 11.9 Å². The van der Waals surface area contributed by atoms with Crippen LogP contribution in [-0.4, -0.2) is 49.1 Å². The van der Waals surface area contributed by atoms with Crippen LogP contribution in [0, 0.1) is 0 Å². The summed E-state index contributed by atoms with van der Waals surface area (Å²) in [5.74, 6) is -1.17. The van der Waals surface area contributed by atoms with Crippen molar-refractivity contribution in [3.05, 3.63) is 72.3 Å². The van der Waals surface area contributed by atoms with Gasteiger partial charge in [0.05, 0.1) is 11.5 Å². The predicted octanol–water partition coefficient (Wildman–Crippen LogP) is 5.93. The molecule has 2 heterocycles. The molecule has 9 heteroatoms. The highest BCUT2D eigenvalue weighted by atomic mass is 35.5. The third kappa shape index (κ3) is 4.24. The van der Waals surface area contributed by atoms with E-state index < -0.39 is 29.2 Å². The third-order valence-corrected chi connectivity index (χ3v) is 7.54. The number of carbonyl (C=O) groups is 2. The van der Waals surface area contributed by atoms with Crippen molar-refractivity contribution in [2.75, 3.05) is 24.9 Å². The van der Waals surface area contributed by atoms with Gasteiger partial charge in [0.25, 0.3) is 0 Å². The molecule has 5 rings (SSSR count). The van der Waals surface area contributed by atoms with Crippen LogP contribution < -0.4 is 14.8 Å². The highest BCUT2D eigenvalue weighted by Crippen LogP contribution is 2.54. The Bertz CT molecular complexity index is 1530. The van der Waals surface area contributed by atoms with Crippen molar-refractivity contribution in [2.45, 2.75) is 38.0 Å². The number of methoxy groups -OCH3 is 1. The second kappa shape index (κ2) is 10.0. The highest BCUT2D eigenvalue weighted by Gasteiger charge is 2.60. The minimum Gasteiger partial charge on any atom is -0.459 e. The topological polar surface area (TPSA) is 95.5 Å². The van der Waals surface area contributed by atoms with E-state index in [4.69, 9.17) is 35.5 Å². The van der Waals surface area contributed by atoms with Crippen molar-refractivity contribution < 1.29 is 28.5 Å². The lowest BCUT2D eigenvalue weighted by Crippen LogP contribution is -2.63. The quantitative estimate of drug-likeness (QED) is 0.169. The molecule has 1 spiro atoms. The Morgan fingerprint density at radius 3 is 2.67 bits per heavy atom. The molecule has 1 N–H and O–H groups in total. The zero-order valence-electron chi connectivity index (χ0n) is 22.2. The van der Waals surface area contributed by atoms with Crippen molar-refractivity contribution in [1.82, 2.24) is 0 Å². The molecule has 3 aromatic rings. The average molecular weight is 549 g/mol. The van der Waals surface area contributed by atoms with Gasteiger partial charge in [-0.25, -0.2) is 9.79 Å². The van der Waals surface area contributed by atoms with Crippen LogP contribution >= 0.6 is 11.6 Å². The van der Waals surface area contributed by atoms with Crippen LogP contribution in [0.5, 0.6) is 11.5 Å². The number of anilines is 1. The minimum absolute atomic E-state index is 0.00669. The number of rotatable bonds is 7. The number of alkyl halides is 1. The molecule has 0 saturated carbocycles. The SMILES string of the molecule is C=CCOC(=O)c1cc2c3c(ccc2cc1OC(=O)CCl)OC1(Nc2ccccc2C1(C)C)C(C(C)OC)=N3. The molecule has 39 heavy (non-hydrogen) atoms. The Hall–Kier alpha value is -3.88. The molecule has 3 aromatic carbocycles. The number of aliphatic imine (C=N–C) groups is 1. The standard InChI is InChI=1S/C30H29ClN2O6/c1-6-13-37-28(35)20-15-19-18(14-24(20)38-25(34)16-31)11-12-23-26(19)32-27(17(2)36-5)30(39-23)29(3,4)21-9-7-8-10-22(21)33-30/h6-12,14-15,17,33H,1,13,16H2,2-5H3. The zero-order chi connectivity index (χ0) is 27.9. The first kappa shape index (κ1) is 26.7. The maximum absolute atomic E-state index is 12.9. The van der Waals surface area contributed by atoms with Gasteiger partial charge in [0.1, 0.15) is 40.9 Å². The van der Waals surface area contributed by atoms with Gasteiger partial charge in [0.2, 0.25) is 5.72 Å². The van der Waals surface area contributed by atoms with E-state index >= 15 is 0 Å². The van der Waals surface area contributed by atoms with Gasteiger partial charge < -0.3 is 24.3 Å². The summed E-state index contributed by atoms with van der Waals surface area (Å²) in [5.41, 5.74) is 1.76. The molecule has 0 saturated heterocycles. The lowest BCUT2D eigenvalue weighted by atomic mass is 9.74. The number of ether oxygens (including phenoxy) is 4. The molecular formula is C30H29ClN2O6. The number of benzene rings is 3. The largest absolute Gasteiger partial charge is 0.459 e. The number of para-hydroxylation sites is 1. The Morgan fingerprint density at radius 1 is 1.21 bits per heavy atom. The fraction of sp³-hybridized carbons (Fsp3) is 0.300. The summed E-state index contributed by atoms with van der Waals surface area (Å²) in [6, 6.07) is 14.9. The Balaban J connectivity index is 1.72. The smallest absolute Gasteiger partial charge is 0.342 e. The molecule has 2 unspecified atom stereocenters. The van der Waals surface area contributed by atoms with Crippen LogP contribution in [0.2, 0.25) is 0 Å². The number of carbonyl (C=O) groups excluding carboxylic acids is 2. The van der Waals surface area contributed by atoms with Gasteiger partial charge in [-0.1, -0.05) is 36.9 Å². The summed E-state index contributed by atoms with van der Waals surface area (Å²) in [6.07, 6.45) is 1.05. The van der Waals surface area contributed by atoms with E-state index in [1.165, 1.54) is 6.08 Å². The summed E-state index contributed by atoms with van der Waals surface area (Å²) in [5, 5.41) is 4.90. The number of nitrogens with one attached hydrogen (secondary N) is 1. The first-order chi connectivity index (χ1) is 18.7. The number of halogens is 1. The molecule has 0 radical (unpaired) electrons. The molecule has 202 valence electrons. The maximum Gasteiger partial charge on any atom is 0.342 e. The lowest BCUT2D eigenvalue weighted by molar-refractivity contribution is -0.131. The summed E-state index contributed by atoms with van der Waals surface area (Å²) in [6.45, 7) is 9.72. The molecular weight excluding hydrogens is 520 g/mol. The van der Waals surface area contributed by atoms with Crippen molar-refractivity contribution >= 4 is 51.4 Å². The minimum atomic E-state index is -1.02. The van der Waals surface area contributed by atoms with Gasteiger partial charge in [-0.3, -0.25) is 4.79 Å².